The van der Waals surface area contributed by atoms with Crippen LogP contribution in [0, 0.1) is 0 Å². The first kappa shape index (κ1) is 29.5. The average Bonchev–Trinajstić information content (AvgIpc) is 2.96. The number of esters is 1. The van der Waals surface area contributed by atoms with Crippen LogP contribution < -0.4 is 10.6 Å². The van der Waals surface area contributed by atoms with Crippen LogP contribution in [0.15, 0.2) is 91.0 Å². The van der Waals surface area contributed by atoms with E-state index in [-0.39, 0.29) is 25.4 Å². The highest BCUT2D eigenvalue weighted by Gasteiger charge is 2.35. The van der Waals surface area contributed by atoms with Crippen molar-refractivity contribution in [3.05, 3.63) is 108 Å². The first-order valence-corrected chi connectivity index (χ1v) is 13.0. The number of carbonyl (C=O) groups excluding carboxylic acids is 2. The van der Waals surface area contributed by atoms with Gasteiger partial charge in [-0.15, -0.1) is 0 Å². The molecule has 0 fully saturated rings. The predicted molar refractivity (Wildman–Crippen MR) is 148 cm³/mol. The van der Waals surface area contributed by atoms with E-state index in [1.165, 1.54) is 0 Å². The largest absolute Gasteiger partial charge is 0.481 e. The SMILES string of the molecule is CC(COC(C)C(=O)NCCNC(c1ccccc1)(c1ccccc1)c1ccccc1)OC(=O)CCC(=O)O. The summed E-state index contributed by atoms with van der Waals surface area (Å²) in [5, 5.41) is 15.3. The van der Waals surface area contributed by atoms with Crippen LogP contribution in [-0.4, -0.2) is 54.9 Å². The van der Waals surface area contributed by atoms with Crippen LogP contribution >= 0.6 is 0 Å². The van der Waals surface area contributed by atoms with Gasteiger partial charge in [0.05, 0.1) is 25.0 Å². The Labute approximate surface area is 229 Å². The second kappa shape index (κ2) is 14.8. The van der Waals surface area contributed by atoms with E-state index in [1.54, 1.807) is 13.8 Å². The molecule has 8 heteroatoms. The number of ether oxygens (including phenoxy) is 2. The highest BCUT2D eigenvalue weighted by molar-refractivity contribution is 5.80. The molecule has 8 nitrogen and oxygen atoms in total. The first-order chi connectivity index (χ1) is 18.8. The number of benzene rings is 3. The van der Waals surface area contributed by atoms with E-state index in [1.807, 2.05) is 54.6 Å². The van der Waals surface area contributed by atoms with Gasteiger partial charge in [-0.3, -0.25) is 19.7 Å². The Bertz CT molecular complexity index is 1090. The van der Waals surface area contributed by atoms with Gasteiger partial charge in [0.25, 0.3) is 0 Å². The molecule has 3 rings (SSSR count). The fraction of sp³-hybridized carbons (Fsp3) is 0.323. The van der Waals surface area contributed by atoms with Crippen molar-refractivity contribution >= 4 is 17.8 Å². The van der Waals surface area contributed by atoms with Gasteiger partial charge in [-0.2, -0.15) is 0 Å². The summed E-state index contributed by atoms with van der Waals surface area (Å²) in [6.07, 6.45) is -1.86. The third kappa shape index (κ3) is 8.49. The Morgan fingerprint density at radius 1 is 0.769 bits per heavy atom. The second-order valence-corrected chi connectivity index (χ2v) is 9.24. The maximum absolute atomic E-state index is 12.7. The average molecular weight is 533 g/mol. The molecule has 2 atom stereocenters. The monoisotopic (exact) mass is 532 g/mol. The van der Waals surface area contributed by atoms with E-state index in [4.69, 9.17) is 14.6 Å². The van der Waals surface area contributed by atoms with E-state index >= 15 is 0 Å². The number of hydrogen-bond acceptors (Lipinski definition) is 6. The van der Waals surface area contributed by atoms with Gasteiger partial charge >= 0.3 is 11.9 Å². The number of amides is 1. The summed E-state index contributed by atoms with van der Waals surface area (Å²) in [5.41, 5.74) is 2.61. The van der Waals surface area contributed by atoms with Crippen molar-refractivity contribution in [1.82, 2.24) is 10.6 Å². The molecule has 0 aromatic heterocycles. The number of rotatable bonds is 15. The van der Waals surface area contributed by atoms with E-state index < -0.39 is 29.7 Å². The fourth-order valence-corrected chi connectivity index (χ4v) is 4.33. The summed E-state index contributed by atoms with van der Waals surface area (Å²) in [6, 6.07) is 30.6. The fourth-order valence-electron chi connectivity index (χ4n) is 4.33. The molecule has 0 saturated heterocycles. The molecule has 1 amide bonds. The quantitative estimate of drug-likeness (QED) is 0.155. The topological polar surface area (TPSA) is 114 Å². The number of carboxylic acid groups (broad SMARTS) is 1. The first-order valence-electron chi connectivity index (χ1n) is 13.0. The molecular formula is C31H36N2O6. The standard InChI is InChI=1S/C31H36N2O6/c1-23(39-29(36)19-18-28(34)35)22-38-24(2)30(37)32-20-21-33-31(25-12-6-3-7-13-25,26-14-8-4-9-15-26)27-16-10-5-11-17-27/h3-17,23-24,33H,18-22H2,1-2H3,(H,32,37)(H,34,35). The lowest BCUT2D eigenvalue weighted by molar-refractivity contribution is -0.155. The molecule has 3 aromatic rings. The van der Waals surface area contributed by atoms with Gasteiger partial charge in [0.2, 0.25) is 5.91 Å². The summed E-state index contributed by atoms with van der Waals surface area (Å²) in [7, 11) is 0. The van der Waals surface area contributed by atoms with Gasteiger partial charge in [0.15, 0.2) is 0 Å². The molecule has 206 valence electrons. The summed E-state index contributed by atoms with van der Waals surface area (Å²) in [5.74, 6) is -1.97. The summed E-state index contributed by atoms with van der Waals surface area (Å²) < 4.78 is 10.7. The Hall–Kier alpha value is -4.01. The Morgan fingerprint density at radius 3 is 1.72 bits per heavy atom. The van der Waals surface area contributed by atoms with Crippen LogP contribution in [-0.2, 0) is 29.4 Å². The highest BCUT2D eigenvalue weighted by Crippen LogP contribution is 2.36. The lowest BCUT2D eigenvalue weighted by Crippen LogP contribution is -2.48. The van der Waals surface area contributed by atoms with Crippen LogP contribution in [0.25, 0.3) is 0 Å². The van der Waals surface area contributed by atoms with Gasteiger partial charge in [-0.25, -0.2) is 0 Å². The van der Waals surface area contributed by atoms with Crippen molar-refractivity contribution in [2.24, 2.45) is 0 Å². The number of aliphatic carboxylic acids is 1. The highest BCUT2D eigenvalue weighted by atomic mass is 16.6. The molecule has 0 aliphatic heterocycles. The normalized spacial score (nSPS) is 12.8. The molecule has 2 unspecified atom stereocenters. The lowest BCUT2D eigenvalue weighted by Gasteiger charge is -2.37. The lowest BCUT2D eigenvalue weighted by atomic mass is 9.77. The molecule has 0 spiro atoms. The molecule has 0 saturated carbocycles. The predicted octanol–water partition coefficient (Wildman–Crippen LogP) is 3.89. The summed E-state index contributed by atoms with van der Waals surface area (Å²) >= 11 is 0. The summed E-state index contributed by atoms with van der Waals surface area (Å²) in [4.78, 5) is 34.9. The molecule has 39 heavy (non-hydrogen) atoms. The van der Waals surface area contributed by atoms with Crippen LogP contribution in [0.1, 0.15) is 43.4 Å². The third-order valence-electron chi connectivity index (χ3n) is 6.26. The van der Waals surface area contributed by atoms with Crippen LogP contribution in [0.3, 0.4) is 0 Å². The molecule has 0 aliphatic rings. The minimum absolute atomic E-state index is 0.0186. The van der Waals surface area contributed by atoms with Gasteiger partial charge < -0.3 is 19.9 Å². The van der Waals surface area contributed by atoms with E-state index in [2.05, 4.69) is 47.0 Å². The number of nitrogens with one attached hydrogen (secondary N) is 2. The smallest absolute Gasteiger partial charge is 0.306 e. The zero-order valence-corrected chi connectivity index (χ0v) is 22.3. The van der Waals surface area contributed by atoms with E-state index in [0.29, 0.717) is 13.1 Å². The van der Waals surface area contributed by atoms with Crippen molar-refractivity contribution in [1.29, 1.82) is 0 Å². The summed E-state index contributed by atoms with van der Waals surface area (Å²) in [6.45, 7) is 4.12. The molecule has 3 N–H and O–H groups in total. The van der Waals surface area contributed by atoms with Crippen molar-refractivity contribution in [2.45, 2.75) is 44.4 Å². The van der Waals surface area contributed by atoms with Gasteiger partial charge in [0.1, 0.15) is 12.2 Å². The molecule has 3 aromatic carbocycles. The second-order valence-electron chi connectivity index (χ2n) is 9.24. The molecular weight excluding hydrogens is 496 g/mol. The maximum atomic E-state index is 12.7. The molecule has 0 bridgehead atoms. The van der Waals surface area contributed by atoms with Crippen molar-refractivity contribution in [3.63, 3.8) is 0 Å². The van der Waals surface area contributed by atoms with E-state index in [0.717, 1.165) is 16.7 Å². The van der Waals surface area contributed by atoms with Gasteiger partial charge in [-0.05, 0) is 30.5 Å². The Morgan fingerprint density at radius 2 is 1.26 bits per heavy atom. The molecule has 0 heterocycles. The van der Waals surface area contributed by atoms with Gasteiger partial charge in [-0.1, -0.05) is 91.0 Å². The Balaban J connectivity index is 1.60. The molecule has 0 aliphatic carbocycles. The Kier molecular flexibility index (Phi) is 11.2. The zero-order valence-electron chi connectivity index (χ0n) is 22.3. The minimum Gasteiger partial charge on any atom is -0.481 e. The van der Waals surface area contributed by atoms with Crippen molar-refractivity contribution < 1.29 is 29.0 Å². The van der Waals surface area contributed by atoms with Crippen LogP contribution in [0.5, 0.6) is 0 Å². The maximum Gasteiger partial charge on any atom is 0.306 e. The zero-order chi connectivity index (χ0) is 28.1. The molecule has 0 radical (unpaired) electrons. The number of hydrogen-bond donors (Lipinski definition) is 3. The number of carboxylic acids is 1. The third-order valence-corrected chi connectivity index (χ3v) is 6.26. The number of carbonyl (C=O) groups is 3. The van der Waals surface area contributed by atoms with Gasteiger partial charge in [0, 0.05) is 13.1 Å². The minimum atomic E-state index is -1.07. The van der Waals surface area contributed by atoms with Crippen LogP contribution in [0.4, 0.5) is 0 Å². The van der Waals surface area contributed by atoms with E-state index in [9.17, 15) is 14.4 Å². The van der Waals surface area contributed by atoms with Crippen LogP contribution in [0.2, 0.25) is 0 Å². The van der Waals surface area contributed by atoms with Crippen molar-refractivity contribution in [2.75, 3.05) is 19.7 Å². The van der Waals surface area contributed by atoms with Crippen molar-refractivity contribution in [3.8, 4) is 0 Å².